The minimum atomic E-state index is -3.80. The van der Waals surface area contributed by atoms with E-state index in [1.807, 2.05) is 0 Å². The Morgan fingerprint density at radius 3 is 2.32 bits per heavy atom. The molecule has 0 bridgehead atoms. The van der Waals surface area contributed by atoms with E-state index in [4.69, 9.17) is 23.2 Å². The van der Waals surface area contributed by atoms with E-state index in [0.29, 0.717) is 0 Å². The standard InChI is InChI=1S/C12H9Cl2NO3S/c13-9-3-1-2-4-12(9)19(17,18)15-8-5-6-11(16)10(14)7-8/h1-7,15-16H. The Kier molecular flexibility index (Phi) is 3.89. The van der Waals surface area contributed by atoms with Gasteiger partial charge in [0.1, 0.15) is 10.6 Å². The van der Waals surface area contributed by atoms with Gasteiger partial charge in [-0.05, 0) is 30.3 Å². The first-order valence-electron chi connectivity index (χ1n) is 5.16. The summed E-state index contributed by atoms with van der Waals surface area (Å²) in [6, 6.07) is 10.1. The number of halogens is 2. The van der Waals surface area contributed by atoms with E-state index >= 15 is 0 Å². The zero-order valence-electron chi connectivity index (χ0n) is 9.47. The second-order valence-corrected chi connectivity index (χ2v) is 6.17. The maximum atomic E-state index is 12.1. The van der Waals surface area contributed by atoms with Gasteiger partial charge in [0, 0.05) is 0 Å². The van der Waals surface area contributed by atoms with E-state index in [0.717, 1.165) is 0 Å². The van der Waals surface area contributed by atoms with Crippen LogP contribution >= 0.6 is 23.2 Å². The van der Waals surface area contributed by atoms with Crippen molar-refractivity contribution < 1.29 is 13.5 Å². The molecule has 0 radical (unpaired) electrons. The molecule has 2 aromatic carbocycles. The molecule has 0 aliphatic rings. The van der Waals surface area contributed by atoms with Crippen molar-refractivity contribution in [2.45, 2.75) is 4.90 Å². The van der Waals surface area contributed by atoms with Gasteiger partial charge in [-0.15, -0.1) is 0 Å². The van der Waals surface area contributed by atoms with Crippen LogP contribution in [0, 0.1) is 0 Å². The van der Waals surface area contributed by atoms with Crippen LogP contribution in [0.3, 0.4) is 0 Å². The third kappa shape index (κ3) is 3.12. The van der Waals surface area contributed by atoms with Gasteiger partial charge in [0.2, 0.25) is 0 Å². The number of hydrogen-bond acceptors (Lipinski definition) is 3. The number of benzene rings is 2. The van der Waals surface area contributed by atoms with E-state index in [2.05, 4.69) is 4.72 Å². The molecule has 2 N–H and O–H groups in total. The normalized spacial score (nSPS) is 11.3. The maximum absolute atomic E-state index is 12.1. The van der Waals surface area contributed by atoms with Gasteiger partial charge >= 0.3 is 0 Å². The van der Waals surface area contributed by atoms with Crippen LogP contribution in [0.25, 0.3) is 0 Å². The molecule has 0 aliphatic carbocycles. The molecule has 0 amide bonds. The summed E-state index contributed by atoms with van der Waals surface area (Å²) in [6.07, 6.45) is 0. The molecule has 0 spiro atoms. The van der Waals surface area contributed by atoms with Gasteiger partial charge in [-0.2, -0.15) is 0 Å². The van der Waals surface area contributed by atoms with Gasteiger partial charge in [0.15, 0.2) is 0 Å². The maximum Gasteiger partial charge on any atom is 0.263 e. The second-order valence-electron chi connectivity index (χ2n) is 3.70. The fraction of sp³-hybridized carbons (Fsp3) is 0. The molecule has 0 saturated carbocycles. The van der Waals surface area contributed by atoms with Crippen molar-refractivity contribution in [3.05, 3.63) is 52.5 Å². The summed E-state index contributed by atoms with van der Waals surface area (Å²) in [4.78, 5) is -0.0270. The first-order chi connectivity index (χ1) is 8.90. The molecule has 0 heterocycles. The highest BCUT2D eigenvalue weighted by molar-refractivity contribution is 7.92. The third-order valence-corrected chi connectivity index (χ3v) is 4.51. The predicted molar refractivity (Wildman–Crippen MR) is 75.4 cm³/mol. The monoisotopic (exact) mass is 317 g/mol. The molecule has 0 aliphatic heterocycles. The molecule has 2 aromatic rings. The zero-order chi connectivity index (χ0) is 14.0. The van der Waals surface area contributed by atoms with Crippen molar-refractivity contribution in [1.82, 2.24) is 0 Å². The fourth-order valence-electron chi connectivity index (χ4n) is 1.44. The van der Waals surface area contributed by atoms with Crippen LogP contribution in [0.15, 0.2) is 47.4 Å². The van der Waals surface area contributed by atoms with Gasteiger partial charge < -0.3 is 5.11 Å². The summed E-state index contributed by atoms with van der Waals surface area (Å²) in [5.74, 6) is -0.123. The Morgan fingerprint density at radius 1 is 1.00 bits per heavy atom. The summed E-state index contributed by atoms with van der Waals surface area (Å²) in [5, 5.41) is 9.45. The highest BCUT2D eigenvalue weighted by Crippen LogP contribution is 2.28. The molecule has 0 atom stereocenters. The highest BCUT2D eigenvalue weighted by Gasteiger charge is 2.17. The summed E-state index contributed by atoms with van der Waals surface area (Å²) >= 11 is 11.6. The lowest BCUT2D eigenvalue weighted by atomic mass is 10.3. The number of phenols is 1. The second kappa shape index (κ2) is 5.28. The Morgan fingerprint density at radius 2 is 1.68 bits per heavy atom. The van der Waals surface area contributed by atoms with Crippen molar-refractivity contribution in [3.63, 3.8) is 0 Å². The molecule has 2 rings (SSSR count). The Balaban J connectivity index is 2.37. The largest absolute Gasteiger partial charge is 0.506 e. The van der Waals surface area contributed by atoms with Crippen molar-refractivity contribution in [1.29, 1.82) is 0 Å². The molecule has 0 fully saturated rings. The van der Waals surface area contributed by atoms with Crippen LogP contribution < -0.4 is 4.72 Å². The van der Waals surface area contributed by atoms with Gasteiger partial charge in [-0.3, -0.25) is 4.72 Å². The Bertz CT molecular complexity index is 717. The minimum absolute atomic E-state index is 0.0270. The van der Waals surface area contributed by atoms with Gasteiger partial charge in [-0.1, -0.05) is 35.3 Å². The molecule has 100 valence electrons. The van der Waals surface area contributed by atoms with E-state index < -0.39 is 10.0 Å². The number of phenolic OH excluding ortho intramolecular Hbond substituents is 1. The van der Waals surface area contributed by atoms with Gasteiger partial charge in [0.25, 0.3) is 10.0 Å². The number of anilines is 1. The number of nitrogens with one attached hydrogen (secondary N) is 1. The molecule has 7 heteroatoms. The molecule has 4 nitrogen and oxygen atoms in total. The average Bonchev–Trinajstić information content (AvgIpc) is 2.34. The van der Waals surface area contributed by atoms with Crippen molar-refractivity contribution in [2.75, 3.05) is 4.72 Å². The summed E-state index contributed by atoms with van der Waals surface area (Å²) in [5.41, 5.74) is 0.239. The van der Waals surface area contributed by atoms with Crippen LogP contribution in [-0.4, -0.2) is 13.5 Å². The fourth-order valence-corrected chi connectivity index (χ4v) is 3.19. The first kappa shape index (κ1) is 14.0. The summed E-state index contributed by atoms with van der Waals surface area (Å²) in [6.45, 7) is 0. The smallest absolute Gasteiger partial charge is 0.263 e. The van der Waals surface area contributed by atoms with Crippen molar-refractivity contribution in [3.8, 4) is 5.75 Å². The highest BCUT2D eigenvalue weighted by atomic mass is 35.5. The van der Waals surface area contributed by atoms with Crippen LogP contribution in [0.4, 0.5) is 5.69 Å². The lowest BCUT2D eigenvalue weighted by Gasteiger charge is -2.09. The first-order valence-corrected chi connectivity index (χ1v) is 7.40. The quantitative estimate of drug-likeness (QED) is 0.851. The van der Waals surface area contributed by atoms with Gasteiger partial charge in [0.05, 0.1) is 15.7 Å². The van der Waals surface area contributed by atoms with Crippen LogP contribution in [0.2, 0.25) is 10.0 Å². The third-order valence-electron chi connectivity index (χ3n) is 2.33. The molecular weight excluding hydrogens is 309 g/mol. The van der Waals surface area contributed by atoms with Gasteiger partial charge in [-0.25, -0.2) is 8.42 Å². The van der Waals surface area contributed by atoms with E-state index in [1.54, 1.807) is 12.1 Å². The van der Waals surface area contributed by atoms with Crippen LogP contribution in [0.5, 0.6) is 5.75 Å². The molecule has 19 heavy (non-hydrogen) atoms. The average molecular weight is 318 g/mol. The number of rotatable bonds is 3. The van der Waals surface area contributed by atoms with Crippen LogP contribution in [-0.2, 0) is 10.0 Å². The Labute approximate surface area is 120 Å². The summed E-state index contributed by atoms with van der Waals surface area (Å²) in [7, 11) is -3.80. The predicted octanol–water partition coefficient (Wildman–Crippen LogP) is 3.50. The zero-order valence-corrected chi connectivity index (χ0v) is 11.8. The topological polar surface area (TPSA) is 66.4 Å². The van der Waals surface area contributed by atoms with Crippen molar-refractivity contribution >= 4 is 38.9 Å². The lowest BCUT2D eigenvalue weighted by molar-refractivity contribution is 0.475. The lowest BCUT2D eigenvalue weighted by Crippen LogP contribution is -2.13. The SMILES string of the molecule is O=S(=O)(Nc1ccc(O)c(Cl)c1)c1ccccc1Cl. The van der Waals surface area contributed by atoms with E-state index in [-0.39, 0.29) is 26.4 Å². The number of aromatic hydroxyl groups is 1. The number of hydrogen-bond donors (Lipinski definition) is 2. The molecule has 0 saturated heterocycles. The molecule has 0 aromatic heterocycles. The van der Waals surface area contributed by atoms with Crippen LogP contribution in [0.1, 0.15) is 0 Å². The van der Waals surface area contributed by atoms with Crippen molar-refractivity contribution in [2.24, 2.45) is 0 Å². The van der Waals surface area contributed by atoms with E-state index in [9.17, 15) is 13.5 Å². The molecule has 0 unspecified atom stereocenters. The summed E-state index contributed by atoms with van der Waals surface area (Å²) < 4.78 is 26.6. The Hall–Kier alpha value is -1.43. The molecular formula is C12H9Cl2NO3S. The minimum Gasteiger partial charge on any atom is -0.506 e. The van der Waals surface area contributed by atoms with E-state index in [1.165, 1.54) is 30.3 Å². The number of sulfonamides is 1.